The quantitative estimate of drug-likeness (QED) is 0.775. The van der Waals surface area contributed by atoms with Gasteiger partial charge in [-0.05, 0) is 31.5 Å². The molecule has 0 heterocycles. The molecule has 0 bridgehead atoms. The fourth-order valence-electron chi connectivity index (χ4n) is 1.68. The maximum absolute atomic E-state index is 9.80. The van der Waals surface area contributed by atoms with Gasteiger partial charge in [0.2, 0.25) is 0 Å². The van der Waals surface area contributed by atoms with Crippen LogP contribution < -0.4 is 10.1 Å². The van der Waals surface area contributed by atoms with Gasteiger partial charge in [0.1, 0.15) is 18.5 Å². The van der Waals surface area contributed by atoms with E-state index in [1.165, 1.54) is 0 Å². The topological polar surface area (TPSA) is 41.5 Å². The first-order valence-electron chi connectivity index (χ1n) is 6.41. The lowest BCUT2D eigenvalue weighted by Crippen LogP contribution is -2.36. The lowest BCUT2D eigenvalue weighted by atomic mass is 10.2. The molecule has 1 rings (SSSR count). The van der Waals surface area contributed by atoms with Gasteiger partial charge >= 0.3 is 0 Å². The summed E-state index contributed by atoms with van der Waals surface area (Å²) in [7, 11) is 0. The molecule has 4 heteroatoms. The van der Waals surface area contributed by atoms with E-state index in [4.69, 9.17) is 4.74 Å². The largest absolute Gasteiger partial charge is 0.491 e. The summed E-state index contributed by atoms with van der Waals surface area (Å²) in [6.07, 6.45) is 1.79. The number of aliphatic hydroxyl groups excluding tert-OH is 1. The van der Waals surface area contributed by atoms with Crippen molar-refractivity contribution in [2.45, 2.75) is 38.8 Å². The van der Waals surface area contributed by atoms with Gasteiger partial charge in [-0.1, -0.05) is 35.3 Å². The van der Waals surface area contributed by atoms with E-state index in [9.17, 15) is 5.11 Å². The summed E-state index contributed by atoms with van der Waals surface area (Å²) >= 11 is 3.38. The molecule has 102 valence electrons. The maximum Gasteiger partial charge on any atom is 0.120 e. The van der Waals surface area contributed by atoms with E-state index in [0.717, 1.165) is 23.1 Å². The van der Waals surface area contributed by atoms with E-state index in [0.29, 0.717) is 19.2 Å². The Morgan fingerprint density at radius 2 is 2.22 bits per heavy atom. The Morgan fingerprint density at radius 1 is 1.44 bits per heavy atom. The monoisotopic (exact) mass is 315 g/mol. The highest BCUT2D eigenvalue weighted by atomic mass is 79.9. The van der Waals surface area contributed by atoms with Gasteiger partial charge in [-0.15, -0.1) is 0 Å². The van der Waals surface area contributed by atoms with Crippen molar-refractivity contribution < 1.29 is 9.84 Å². The molecule has 2 atom stereocenters. The molecule has 0 radical (unpaired) electrons. The smallest absolute Gasteiger partial charge is 0.120 e. The van der Waals surface area contributed by atoms with Gasteiger partial charge in [-0.25, -0.2) is 0 Å². The predicted octanol–water partition coefficient (Wildman–Crippen LogP) is 2.97. The Balaban J connectivity index is 2.22. The van der Waals surface area contributed by atoms with E-state index in [-0.39, 0.29) is 0 Å². The highest BCUT2D eigenvalue weighted by molar-refractivity contribution is 9.10. The van der Waals surface area contributed by atoms with Crippen LogP contribution in [0, 0.1) is 0 Å². The van der Waals surface area contributed by atoms with Crippen LogP contribution in [0.5, 0.6) is 5.75 Å². The number of nitrogens with one attached hydrogen (secondary N) is 1. The number of aliphatic hydroxyl groups is 1. The minimum atomic E-state index is -0.483. The highest BCUT2D eigenvalue weighted by Gasteiger charge is 2.07. The Bertz CT molecular complexity index is 346. The molecule has 2 unspecified atom stereocenters. The molecule has 0 aromatic heterocycles. The zero-order valence-corrected chi connectivity index (χ0v) is 12.6. The first-order valence-corrected chi connectivity index (χ1v) is 7.21. The SMILES string of the molecule is CCCC(C)NCC(O)COc1cccc(Br)c1. The molecule has 1 aromatic carbocycles. The van der Waals surface area contributed by atoms with Gasteiger partial charge in [0, 0.05) is 17.1 Å². The fourth-order valence-corrected chi connectivity index (χ4v) is 2.06. The van der Waals surface area contributed by atoms with Crippen molar-refractivity contribution in [2.24, 2.45) is 0 Å². The third kappa shape index (κ3) is 6.38. The molecular weight excluding hydrogens is 294 g/mol. The molecule has 0 saturated carbocycles. The highest BCUT2D eigenvalue weighted by Crippen LogP contribution is 2.17. The fraction of sp³-hybridized carbons (Fsp3) is 0.571. The minimum absolute atomic E-state index is 0.308. The third-order valence-corrected chi connectivity index (χ3v) is 3.16. The Kier molecular flexibility index (Phi) is 7.32. The van der Waals surface area contributed by atoms with Crippen LogP contribution in [0.1, 0.15) is 26.7 Å². The molecule has 0 aliphatic rings. The van der Waals surface area contributed by atoms with E-state index in [2.05, 4.69) is 35.1 Å². The van der Waals surface area contributed by atoms with Gasteiger partial charge in [0.05, 0.1) is 0 Å². The van der Waals surface area contributed by atoms with Crippen LogP contribution in [0.25, 0.3) is 0 Å². The molecule has 0 saturated heterocycles. The molecule has 1 aromatic rings. The minimum Gasteiger partial charge on any atom is -0.491 e. The molecule has 0 amide bonds. The summed E-state index contributed by atoms with van der Waals surface area (Å²) in [5.41, 5.74) is 0. The van der Waals surface area contributed by atoms with Gasteiger partial charge in [0.25, 0.3) is 0 Å². The van der Waals surface area contributed by atoms with Crippen LogP contribution in [-0.4, -0.2) is 30.4 Å². The zero-order valence-electron chi connectivity index (χ0n) is 11.0. The second kappa shape index (κ2) is 8.51. The van der Waals surface area contributed by atoms with Gasteiger partial charge in [-0.2, -0.15) is 0 Å². The number of benzene rings is 1. The van der Waals surface area contributed by atoms with E-state index < -0.39 is 6.10 Å². The summed E-state index contributed by atoms with van der Waals surface area (Å²) in [4.78, 5) is 0. The number of hydrogen-bond acceptors (Lipinski definition) is 3. The van der Waals surface area contributed by atoms with Crippen molar-refractivity contribution in [3.8, 4) is 5.75 Å². The van der Waals surface area contributed by atoms with Crippen molar-refractivity contribution >= 4 is 15.9 Å². The van der Waals surface area contributed by atoms with Crippen LogP contribution in [-0.2, 0) is 0 Å². The van der Waals surface area contributed by atoms with Crippen molar-refractivity contribution in [1.29, 1.82) is 0 Å². The lowest BCUT2D eigenvalue weighted by molar-refractivity contribution is 0.104. The van der Waals surface area contributed by atoms with Crippen molar-refractivity contribution in [3.63, 3.8) is 0 Å². The summed E-state index contributed by atoms with van der Waals surface area (Å²) in [5, 5.41) is 13.1. The number of rotatable bonds is 8. The molecule has 0 fully saturated rings. The van der Waals surface area contributed by atoms with Crippen LogP contribution >= 0.6 is 15.9 Å². The summed E-state index contributed by atoms with van der Waals surface area (Å²) < 4.78 is 6.50. The standard InChI is InChI=1S/C14H22BrNO2/c1-3-5-11(2)16-9-13(17)10-18-14-7-4-6-12(15)8-14/h4,6-8,11,13,16-17H,3,5,9-10H2,1-2H3. The zero-order chi connectivity index (χ0) is 13.4. The Labute approximate surface area is 118 Å². The molecule has 2 N–H and O–H groups in total. The molecule has 3 nitrogen and oxygen atoms in total. The van der Waals surface area contributed by atoms with Crippen molar-refractivity contribution in [1.82, 2.24) is 5.32 Å². The first-order chi connectivity index (χ1) is 8.61. The van der Waals surface area contributed by atoms with Crippen LogP contribution in [0.3, 0.4) is 0 Å². The summed E-state index contributed by atoms with van der Waals surface area (Å²) in [6.45, 7) is 5.16. The first kappa shape index (κ1) is 15.5. The second-order valence-corrected chi connectivity index (χ2v) is 5.44. The summed E-state index contributed by atoms with van der Waals surface area (Å²) in [6, 6.07) is 8.06. The second-order valence-electron chi connectivity index (χ2n) is 4.52. The Morgan fingerprint density at radius 3 is 2.89 bits per heavy atom. The molecule has 0 spiro atoms. The van der Waals surface area contributed by atoms with Gasteiger partial charge in [0.15, 0.2) is 0 Å². The van der Waals surface area contributed by atoms with Crippen LogP contribution in [0.4, 0.5) is 0 Å². The van der Waals surface area contributed by atoms with Gasteiger partial charge in [-0.3, -0.25) is 0 Å². The maximum atomic E-state index is 9.80. The molecule has 0 aliphatic carbocycles. The summed E-state index contributed by atoms with van der Waals surface area (Å²) in [5.74, 6) is 0.769. The normalized spacial score (nSPS) is 14.2. The van der Waals surface area contributed by atoms with E-state index >= 15 is 0 Å². The lowest BCUT2D eigenvalue weighted by Gasteiger charge is -2.17. The van der Waals surface area contributed by atoms with Crippen LogP contribution in [0.2, 0.25) is 0 Å². The molecule has 18 heavy (non-hydrogen) atoms. The average Bonchev–Trinajstić information content (AvgIpc) is 2.34. The van der Waals surface area contributed by atoms with Crippen molar-refractivity contribution in [3.05, 3.63) is 28.7 Å². The molecular formula is C14H22BrNO2. The van der Waals surface area contributed by atoms with Crippen LogP contribution in [0.15, 0.2) is 28.7 Å². The predicted molar refractivity (Wildman–Crippen MR) is 78.0 cm³/mol. The third-order valence-electron chi connectivity index (χ3n) is 2.66. The molecule has 0 aliphatic heterocycles. The van der Waals surface area contributed by atoms with E-state index in [1.807, 2.05) is 24.3 Å². The van der Waals surface area contributed by atoms with Crippen molar-refractivity contribution in [2.75, 3.05) is 13.2 Å². The van der Waals surface area contributed by atoms with E-state index in [1.54, 1.807) is 0 Å². The average molecular weight is 316 g/mol. The number of halogens is 1. The Hall–Kier alpha value is -0.580. The number of hydrogen-bond donors (Lipinski definition) is 2. The van der Waals surface area contributed by atoms with Gasteiger partial charge < -0.3 is 15.2 Å². The number of ether oxygens (including phenoxy) is 1.